The number of primary amides is 1. The summed E-state index contributed by atoms with van der Waals surface area (Å²) in [6, 6.07) is 0. The van der Waals surface area contributed by atoms with E-state index in [4.69, 9.17) is 15.2 Å². The highest BCUT2D eigenvalue weighted by Crippen LogP contribution is 2.32. The van der Waals surface area contributed by atoms with Crippen molar-refractivity contribution < 1.29 is 23.9 Å². The summed E-state index contributed by atoms with van der Waals surface area (Å²) in [5, 5.41) is 0. The number of ether oxygens (including phenoxy) is 2. The molecule has 6 nitrogen and oxygen atoms in total. The molecule has 0 aliphatic carbocycles. The van der Waals surface area contributed by atoms with Crippen molar-refractivity contribution in [2.24, 2.45) is 11.7 Å². The molecule has 0 bridgehead atoms. The average Bonchev–Trinajstić information content (AvgIpc) is 2.82. The molecule has 1 heterocycles. The smallest absolute Gasteiger partial charge is 0.313 e. The summed E-state index contributed by atoms with van der Waals surface area (Å²) in [4.78, 5) is 35.3. The van der Waals surface area contributed by atoms with E-state index in [-0.39, 0.29) is 36.0 Å². The van der Waals surface area contributed by atoms with Gasteiger partial charge in [-0.05, 0) is 32.1 Å². The molecule has 1 rings (SSSR count). The van der Waals surface area contributed by atoms with Gasteiger partial charge in [-0.2, -0.15) is 0 Å². The zero-order valence-electron chi connectivity index (χ0n) is 22.7. The summed E-state index contributed by atoms with van der Waals surface area (Å²) < 4.78 is 11.3. The molecule has 1 amide bonds. The van der Waals surface area contributed by atoms with Crippen LogP contribution >= 0.6 is 0 Å². The SMILES string of the molecule is CCCCCCCCCCC[C@@H](C[C@@H]1OC(=O)[C@H]1CCCCCC)OC(=O)CCCCCC(N)=O. The van der Waals surface area contributed by atoms with E-state index in [1.54, 1.807) is 0 Å². The Bertz CT molecular complexity index is 579. The largest absolute Gasteiger partial charge is 0.462 e. The lowest BCUT2D eigenvalue weighted by atomic mass is 9.86. The van der Waals surface area contributed by atoms with Crippen LogP contribution in [0.4, 0.5) is 0 Å². The van der Waals surface area contributed by atoms with Crippen molar-refractivity contribution in [3.05, 3.63) is 0 Å². The molecule has 0 aromatic heterocycles. The summed E-state index contributed by atoms with van der Waals surface area (Å²) in [6.07, 6.45) is 20.8. The van der Waals surface area contributed by atoms with Gasteiger partial charge in [0.15, 0.2) is 0 Å². The topological polar surface area (TPSA) is 95.7 Å². The molecule has 1 aliphatic heterocycles. The van der Waals surface area contributed by atoms with Crippen LogP contribution in [0.2, 0.25) is 0 Å². The van der Waals surface area contributed by atoms with Crippen molar-refractivity contribution in [2.75, 3.05) is 0 Å². The maximum atomic E-state index is 12.5. The van der Waals surface area contributed by atoms with Crippen LogP contribution in [0.5, 0.6) is 0 Å². The van der Waals surface area contributed by atoms with Crippen molar-refractivity contribution in [3.8, 4) is 0 Å². The van der Waals surface area contributed by atoms with E-state index in [9.17, 15) is 14.4 Å². The Kier molecular flexibility index (Phi) is 18.5. The van der Waals surface area contributed by atoms with Crippen LogP contribution in [0.3, 0.4) is 0 Å². The molecule has 3 atom stereocenters. The van der Waals surface area contributed by atoms with Gasteiger partial charge in [0, 0.05) is 19.3 Å². The quantitative estimate of drug-likeness (QED) is 0.113. The van der Waals surface area contributed by atoms with Crippen LogP contribution in [-0.2, 0) is 23.9 Å². The number of rotatable bonds is 24. The lowest BCUT2D eigenvalue weighted by molar-refractivity contribution is -0.190. The predicted molar refractivity (Wildman–Crippen MR) is 141 cm³/mol. The van der Waals surface area contributed by atoms with E-state index in [1.807, 2.05) is 0 Å². The first-order chi connectivity index (χ1) is 17.0. The van der Waals surface area contributed by atoms with Gasteiger partial charge in [-0.15, -0.1) is 0 Å². The minimum atomic E-state index is -0.298. The molecule has 0 unspecified atom stereocenters. The Morgan fingerprint density at radius 2 is 1.34 bits per heavy atom. The number of amides is 1. The zero-order chi connectivity index (χ0) is 25.7. The first kappa shape index (κ1) is 31.4. The van der Waals surface area contributed by atoms with Crippen molar-refractivity contribution in [3.63, 3.8) is 0 Å². The van der Waals surface area contributed by atoms with Gasteiger partial charge in [-0.25, -0.2) is 0 Å². The molecule has 35 heavy (non-hydrogen) atoms. The number of unbranched alkanes of at least 4 members (excludes halogenated alkanes) is 13. The van der Waals surface area contributed by atoms with Crippen molar-refractivity contribution in [1.82, 2.24) is 0 Å². The van der Waals surface area contributed by atoms with Crippen molar-refractivity contribution >= 4 is 17.8 Å². The summed E-state index contributed by atoms with van der Waals surface area (Å²) in [5.74, 6) is -0.609. The van der Waals surface area contributed by atoms with Gasteiger partial charge in [0.1, 0.15) is 12.2 Å². The fourth-order valence-electron chi connectivity index (χ4n) is 4.86. The van der Waals surface area contributed by atoms with Crippen LogP contribution < -0.4 is 5.73 Å². The lowest BCUT2D eigenvalue weighted by Crippen LogP contribution is -2.47. The Morgan fingerprint density at radius 1 is 0.800 bits per heavy atom. The molecule has 1 saturated heterocycles. The normalized spacial score (nSPS) is 18.1. The van der Waals surface area contributed by atoms with Gasteiger partial charge >= 0.3 is 11.9 Å². The fourth-order valence-corrected chi connectivity index (χ4v) is 4.86. The molecular formula is C29H53NO5. The average molecular weight is 496 g/mol. The van der Waals surface area contributed by atoms with E-state index in [1.165, 1.54) is 57.8 Å². The van der Waals surface area contributed by atoms with Gasteiger partial charge in [0.05, 0.1) is 5.92 Å². The third-order valence-electron chi connectivity index (χ3n) is 7.11. The minimum absolute atomic E-state index is 0.0371. The molecule has 0 aromatic rings. The molecular weight excluding hydrogens is 442 g/mol. The predicted octanol–water partition coefficient (Wildman–Crippen LogP) is 7.16. The molecule has 0 spiro atoms. The van der Waals surface area contributed by atoms with Crippen LogP contribution in [0.1, 0.15) is 149 Å². The highest BCUT2D eigenvalue weighted by atomic mass is 16.6. The molecule has 1 aliphatic rings. The van der Waals surface area contributed by atoms with Gasteiger partial charge in [-0.3, -0.25) is 14.4 Å². The van der Waals surface area contributed by atoms with Crippen LogP contribution in [-0.4, -0.2) is 30.1 Å². The summed E-state index contributed by atoms with van der Waals surface area (Å²) in [6.45, 7) is 4.43. The second kappa shape index (κ2) is 20.6. The Morgan fingerprint density at radius 3 is 1.94 bits per heavy atom. The maximum absolute atomic E-state index is 12.5. The number of hydrogen-bond acceptors (Lipinski definition) is 5. The number of cyclic esters (lactones) is 1. The third kappa shape index (κ3) is 15.9. The Balaban J connectivity index is 2.40. The van der Waals surface area contributed by atoms with E-state index < -0.39 is 0 Å². The standard InChI is InChI=1S/C29H53NO5/c1-3-5-7-9-10-11-12-13-15-19-24(34-28(32)22-18-14-17-21-27(30)31)23-26-25(29(33)35-26)20-16-8-6-4-2/h24-26H,3-23H2,1-2H3,(H2,30,31)/t24-,25-,26-/m0/s1. The van der Waals surface area contributed by atoms with E-state index in [0.29, 0.717) is 32.1 Å². The maximum Gasteiger partial charge on any atom is 0.313 e. The molecule has 0 radical (unpaired) electrons. The second-order valence-corrected chi connectivity index (χ2v) is 10.4. The van der Waals surface area contributed by atoms with Gasteiger partial charge in [0.2, 0.25) is 5.91 Å². The second-order valence-electron chi connectivity index (χ2n) is 10.4. The van der Waals surface area contributed by atoms with E-state index >= 15 is 0 Å². The molecule has 1 fully saturated rings. The highest BCUT2D eigenvalue weighted by Gasteiger charge is 2.43. The van der Waals surface area contributed by atoms with E-state index in [0.717, 1.165) is 44.9 Å². The minimum Gasteiger partial charge on any atom is -0.462 e. The highest BCUT2D eigenvalue weighted by molar-refractivity contribution is 5.78. The van der Waals surface area contributed by atoms with Crippen LogP contribution in [0, 0.1) is 5.92 Å². The fraction of sp³-hybridized carbons (Fsp3) is 0.897. The van der Waals surface area contributed by atoms with E-state index in [2.05, 4.69) is 13.8 Å². The number of nitrogens with two attached hydrogens (primary N) is 1. The monoisotopic (exact) mass is 495 g/mol. The Hall–Kier alpha value is -1.59. The van der Waals surface area contributed by atoms with Gasteiger partial charge < -0.3 is 15.2 Å². The van der Waals surface area contributed by atoms with Gasteiger partial charge in [0.25, 0.3) is 0 Å². The number of hydrogen-bond donors (Lipinski definition) is 1. The lowest BCUT2D eigenvalue weighted by Gasteiger charge is -2.37. The number of carbonyl (C=O) groups is 3. The summed E-state index contributed by atoms with van der Waals surface area (Å²) >= 11 is 0. The molecule has 6 heteroatoms. The summed E-state index contributed by atoms with van der Waals surface area (Å²) in [5.41, 5.74) is 5.17. The first-order valence-electron chi connectivity index (χ1n) is 14.7. The molecule has 204 valence electrons. The zero-order valence-corrected chi connectivity index (χ0v) is 22.7. The van der Waals surface area contributed by atoms with Gasteiger partial charge in [-0.1, -0.05) is 97.3 Å². The number of esters is 2. The number of carbonyl (C=O) groups excluding carboxylic acids is 3. The van der Waals surface area contributed by atoms with Crippen molar-refractivity contribution in [1.29, 1.82) is 0 Å². The van der Waals surface area contributed by atoms with Crippen LogP contribution in [0.15, 0.2) is 0 Å². The molecule has 2 N–H and O–H groups in total. The molecule has 0 saturated carbocycles. The first-order valence-corrected chi connectivity index (χ1v) is 14.7. The van der Waals surface area contributed by atoms with Crippen molar-refractivity contribution in [2.45, 2.75) is 161 Å². The Labute approximate surface area is 214 Å². The summed E-state index contributed by atoms with van der Waals surface area (Å²) in [7, 11) is 0. The van der Waals surface area contributed by atoms with Crippen LogP contribution in [0.25, 0.3) is 0 Å². The molecule has 0 aromatic carbocycles. The third-order valence-corrected chi connectivity index (χ3v) is 7.11.